The van der Waals surface area contributed by atoms with E-state index >= 15 is 0 Å². The van der Waals surface area contributed by atoms with Crippen molar-refractivity contribution in [3.8, 4) is 0 Å². The number of benzene rings is 1. The van der Waals surface area contributed by atoms with Crippen molar-refractivity contribution in [2.45, 2.75) is 25.8 Å². The van der Waals surface area contributed by atoms with Crippen molar-refractivity contribution in [2.24, 2.45) is 5.84 Å². The molecule has 0 saturated carbocycles. The Hall–Kier alpha value is -1.49. The quantitative estimate of drug-likeness (QED) is 0.456. The van der Waals surface area contributed by atoms with Gasteiger partial charge < -0.3 is 4.74 Å². The summed E-state index contributed by atoms with van der Waals surface area (Å²) in [5, 5.41) is 2.32. The molecule has 0 aliphatic heterocycles. The molecule has 1 heterocycles. The number of hydrogen-bond acceptors (Lipinski definition) is 4. The van der Waals surface area contributed by atoms with E-state index < -0.39 is 0 Å². The molecule has 4 heteroatoms. The lowest BCUT2D eigenvalue weighted by atomic mass is 10.0. The Balaban J connectivity index is 2.16. The van der Waals surface area contributed by atoms with Gasteiger partial charge >= 0.3 is 0 Å². The van der Waals surface area contributed by atoms with E-state index in [1.54, 1.807) is 0 Å². The molecule has 2 rings (SSSR count). The van der Waals surface area contributed by atoms with Gasteiger partial charge in [-0.15, -0.1) is 0 Å². The first kappa shape index (κ1) is 13.9. The first-order valence-corrected chi connectivity index (χ1v) is 6.73. The third-order valence-corrected chi connectivity index (χ3v) is 3.17. The number of ether oxygens (including phenoxy) is 1. The molecule has 0 fully saturated rings. The second-order valence-corrected chi connectivity index (χ2v) is 4.57. The lowest BCUT2D eigenvalue weighted by molar-refractivity contribution is 0.124. The zero-order valence-corrected chi connectivity index (χ0v) is 11.3. The molecule has 0 saturated heterocycles. The van der Waals surface area contributed by atoms with Gasteiger partial charge in [0.05, 0.1) is 6.04 Å². The molecule has 2 aromatic rings. The molecular formula is C15H21N3O. The summed E-state index contributed by atoms with van der Waals surface area (Å²) in [7, 11) is 0. The smallest absolute Gasteiger partial charge is 0.0503 e. The van der Waals surface area contributed by atoms with E-state index in [9.17, 15) is 0 Å². The number of rotatable bonds is 7. The lowest BCUT2D eigenvalue weighted by Crippen LogP contribution is -2.29. The van der Waals surface area contributed by atoms with Gasteiger partial charge in [-0.05, 0) is 23.8 Å². The van der Waals surface area contributed by atoms with Crippen LogP contribution in [0, 0.1) is 0 Å². The molecule has 0 aliphatic carbocycles. The summed E-state index contributed by atoms with van der Waals surface area (Å²) < 4.78 is 5.53. The van der Waals surface area contributed by atoms with Gasteiger partial charge in [0.2, 0.25) is 0 Å². The number of aromatic nitrogens is 1. The van der Waals surface area contributed by atoms with Crippen LogP contribution in [0.5, 0.6) is 0 Å². The number of hydrogen-bond donors (Lipinski definition) is 2. The Kier molecular flexibility index (Phi) is 5.27. The highest BCUT2D eigenvalue weighted by Gasteiger charge is 2.13. The molecule has 19 heavy (non-hydrogen) atoms. The Bertz CT molecular complexity index is 510. The van der Waals surface area contributed by atoms with Gasteiger partial charge in [-0.1, -0.05) is 31.2 Å². The maximum absolute atomic E-state index is 5.68. The second-order valence-electron chi connectivity index (χ2n) is 4.57. The highest BCUT2D eigenvalue weighted by atomic mass is 16.5. The third kappa shape index (κ3) is 3.50. The average molecular weight is 259 g/mol. The van der Waals surface area contributed by atoms with E-state index in [2.05, 4.69) is 29.5 Å². The average Bonchev–Trinajstić information content (AvgIpc) is 2.47. The van der Waals surface area contributed by atoms with Crippen LogP contribution < -0.4 is 11.3 Å². The number of hydrazine groups is 1. The van der Waals surface area contributed by atoms with Crippen molar-refractivity contribution in [3.05, 3.63) is 42.2 Å². The van der Waals surface area contributed by atoms with Gasteiger partial charge in [-0.3, -0.25) is 16.3 Å². The second kappa shape index (κ2) is 7.19. The van der Waals surface area contributed by atoms with Crippen LogP contribution in [0.4, 0.5) is 0 Å². The first-order chi connectivity index (χ1) is 9.36. The predicted molar refractivity (Wildman–Crippen MR) is 77.5 cm³/mol. The van der Waals surface area contributed by atoms with Gasteiger partial charge in [0.1, 0.15) is 0 Å². The first-order valence-electron chi connectivity index (χ1n) is 6.73. The number of fused-ring (bicyclic) bond motifs is 1. The third-order valence-electron chi connectivity index (χ3n) is 3.17. The van der Waals surface area contributed by atoms with E-state index in [4.69, 9.17) is 10.6 Å². The Morgan fingerprint density at radius 1 is 1.26 bits per heavy atom. The van der Waals surface area contributed by atoms with E-state index in [1.807, 2.05) is 24.5 Å². The van der Waals surface area contributed by atoms with E-state index in [-0.39, 0.29) is 6.04 Å². The zero-order valence-electron chi connectivity index (χ0n) is 11.3. The Morgan fingerprint density at radius 2 is 2.11 bits per heavy atom. The molecule has 1 aromatic carbocycles. The standard InChI is InChI=1S/C15H21N3O/c1-2-8-19-9-7-15(18-16)14-11-17-10-12-5-3-4-6-13(12)14/h3-6,10-11,15,18H,2,7-9,16H2,1H3. The SMILES string of the molecule is CCCOCCC(NN)c1cncc2ccccc12. The fourth-order valence-corrected chi connectivity index (χ4v) is 2.19. The van der Waals surface area contributed by atoms with Crippen molar-refractivity contribution in [2.75, 3.05) is 13.2 Å². The van der Waals surface area contributed by atoms with E-state index in [0.29, 0.717) is 6.61 Å². The molecule has 0 bridgehead atoms. The van der Waals surface area contributed by atoms with Crippen LogP contribution in [0.2, 0.25) is 0 Å². The minimum absolute atomic E-state index is 0.0652. The normalized spacial score (nSPS) is 12.7. The van der Waals surface area contributed by atoms with Crippen molar-refractivity contribution < 1.29 is 4.74 Å². The molecule has 4 nitrogen and oxygen atoms in total. The van der Waals surface area contributed by atoms with Crippen molar-refractivity contribution in [1.29, 1.82) is 0 Å². The van der Waals surface area contributed by atoms with Gasteiger partial charge in [-0.2, -0.15) is 0 Å². The summed E-state index contributed by atoms with van der Waals surface area (Å²) in [6.07, 6.45) is 5.63. The van der Waals surface area contributed by atoms with Crippen LogP contribution in [0.1, 0.15) is 31.4 Å². The minimum atomic E-state index is 0.0652. The van der Waals surface area contributed by atoms with Gasteiger partial charge in [-0.25, -0.2) is 0 Å². The largest absolute Gasteiger partial charge is 0.381 e. The molecular weight excluding hydrogens is 238 g/mol. The Morgan fingerprint density at radius 3 is 2.89 bits per heavy atom. The zero-order chi connectivity index (χ0) is 13.5. The maximum Gasteiger partial charge on any atom is 0.0503 e. The van der Waals surface area contributed by atoms with E-state index in [0.717, 1.165) is 30.4 Å². The number of nitrogens with one attached hydrogen (secondary N) is 1. The molecule has 1 unspecified atom stereocenters. The summed E-state index contributed by atoms with van der Waals surface area (Å²) in [4.78, 5) is 4.29. The van der Waals surface area contributed by atoms with Crippen LogP contribution in [-0.2, 0) is 4.74 Å². The number of nitrogens with zero attached hydrogens (tertiary/aromatic N) is 1. The summed E-state index contributed by atoms with van der Waals surface area (Å²) in [6.45, 7) is 3.60. The lowest BCUT2D eigenvalue weighted by Gasteiger charge is -2.18. The fourth-order valence-electron chi connectivity index (χ4n) is 2.19. The topological polar surface area (TPSA) is 60.2 Å². The molecule has 1 aromatic heterocycles. The van der Waals surface area contributed by atoms with Crippen LogP contribution in [0.3, 0.4) is 0 Å². The number of pyridine rings is 1. The fraction of sp³-hybridized carbons (Fsp3) is 0.400. The highest BCUT2D eigenvalue weighted by Crippen LogP contribution is 2.24. The predicted octanol–water partition coefficient (Wildman–Crippen LogP) is 2.56. The molecule has 0 amide bonds. The summed E-state index contributed by atoms with van der Waals surface area (Å²) in [5.41, 5.74) is 3.99. The van der Waals surface area contributed by atoms with Gasteiger partial charge in [0, 0.05) is 31.0 Å². The Labute approximate surface area is 113 Å². The summed E-state index contributed by atoms with van der Waals surface area (Å²) in [6, 6.07) is 8.28. The summed E-state index contributed by atoms with van der Waals surface area (Å²) >= 11 is 0. The van der Waals surface area contributed by atoms with Crippen molar-refractivity contribution in [1.82, 2.24) is 10.4 Å². The van der Waals surface area contributed by atoms with Crippen LogP contribution in [0.25, 0.3) is 10.8 Å². The highest BCUT2D eigenvalue weighted by molar-refractivity contribution is 5.85. The molecule has 0 radical (unpaired) electrons. The van der Waals surface area contributed by atoms with Crippen LogP contribution in [-0.4, -0.2) is 18.2 Å². The van der Waals surface area contributed by atoms with E-state index in [1.165, 1.54) is 5.39 Å². The van der Waals surface area contributed by atoms with Crippen molar-refractivity contribution >= 4 is 10.8 Å². The van der Waals surface area contributed by atoms with Crippen LogP contribution >= 0.6 is 0 Å². The maximum atomic E-state index is 5.68. The molecule has 1 atom stereocenters. The number of nitrogens with two attached hydrogens (primary N) is 1. The molecule has 3 N–H and O–H groups in total. The summed E-state index contributed by atoms with van der Waals surface area (Å²) in [5.74, 6) is 5.68. The van der Waals surface area contributed by atoms with Crippen molar-refractivity contribution in [3.63, 3.8) is 0 Å². The molecule has 102 valence electrons. The van der Waals surface area contributed by atoms with Crippen LogP contribution in [0.15, 0.2) is 36.7 Å². The monoisotopic (exact) mass is 259 g/mol. The molecule has 0 spiro atoms. The van der Waals surface area contributed by atoms with Gasteiger partial charge in [0.15, 0.2) is 0 Å². The molecule has 0 aliphatic rings. The van der Waals surface area contributed by atoms with Gasteiger partial charge in [0.25, 0.3) is 0 Å². The minimum Gasteiger partial charge on any atom is -0.381 e.